The Morgan fingerprint density at radius 3 is 1.89 bits per heavy atom. The molecule has 2 aliphatic heterocycles. The summed E-state index contributed by atoms with van der Waals surface area (Å²) in [5, 5.41) is 11.5. The molecule has 4 aromatic rings. The number of rotatable bonds is 2. The summed E-state index contributed by atoms with van der Waals surface area (Å²) in [7, 11) is 0. The monoisotopic (exact) mass is 474 g/mol. The average Bonchev–Trinajstić information content (AvgIpc) is 3.39. The fraction of sp³-hybridized carbons (Fsp3) is 0.0357. The number of para-hydroxylation sites is 2. The molecule has 1 atom stereocenters. The summed E-state index contributed by atoms with van der Waals surface area (Å²) in [6.45, 7) is 0. The fourth-order valence-electron chi connectivity index (χ4n) is 4.64. The van der Waals surface area contributed by atoms with E-state index in [1.807, 2.05) is 0 Å². The molecule has 0 aliphatic carbocycles. The Morgan fingerprint density at radius 1 is 0.694 bits per heavy atom. The Labute approximate surface area is 205 Å². The Bertz CT molecular complexity index is 1570. The Morgan fingerprint density at radius 2 is 1.25 bits per heavy atom. The summed E-state index contributed by atoms with van der Waals surface area (Å²) in [6, 6.07) is 23.4. The van der Waals surface area contributed by atoms with Crippen molar-refractivity contribution in [2.24, 2.45) is 0 Å². The van der Waals surface area contributed by atoms with Gasteiger partial charge in [0.2, 0.25) is 5.78 Å². The zero-order chi connectivity index (χ0) is 24.8. The lowest BCUT2D eigenvalue weighted by molar-refractivity contribution is 0.0957. The molecule has 174 valence electrons. The van der Waals surface area contributed by atoms with Crippen molar-refractivity contribution in [3.05, 3.63) is 131 Å². The van der Waals surface area contributed by atoms with Gasteiger partial charge in [0.1, 0.15) is 23.2 Å². The van der Waals surface area contributed by atoms with Gasteiger partial charge in [-0.1, -0.05) is 42.5 Å². The zero-order valence-electron chi connectivity index (χ0n) is 18.8. The highest BCUT2D eigenvalue weighted by molar-refractivity contribution is 6.28. The molecule has 6 rings (SSSR count). The molecule has 4 heterocycles. The van der Waals surface area contributed by atoms with Crippen LogP contribution in [0.3, 0.4) is 0 Å². The van der Waals surface area contributed by atoms with Gasteiger partial charge in [-0.05, 0) is 42.5 Å². The molecule has 2 amide bonds. The highest BCUT2D eigenvalue weighted by Crippen LogP contribution is 2.48. The number of aliphatic hydroxyl groups excluding tert-OH is 1. The smallest absolute Gasteiger partial charge is 0.281 e. The average molecular weight is 474 g/mol. The fourth-order valence-corrected chi connectivity index (χ4v) is 4.64. The van der Waals surface area contributed by atoms with Crippen molar-refractivity contribution in [3.63, 3.8) is 0 Å². The second-order valence-corrected chi connectivity index (χ2v) is 8.25. The quantitative estimate of drug-likeness (QED) is 0.442. The third-order valence-electron chi connectivity index (χ3n) is 6.22. The number of hydrogen-bond acceptors (Lipinski definition) is 6. The summed E-state index contributed by atoms with van der Waals surface area (Å²) in [4.78, 5) is 52.1. The van der Waals surface area contributed by atoms with Gasteiger partial charge in [0.15, 0.2) is 0 Å². The lowest BCUT2D eigenvalue weighted by Crippen LogP contribution is -2.36. The van der Waals surface area contributed by atoms with Gasteiger partial charge in [-0.25, -0.2) is 0 Å². The normalized spacial score (nSPS) is 18.2. The van der Waals surface area contributed by atoms with Gasteiger partial charge in [-0.2, -0.15) is 0 Å². The predicted octanol–water partition coefficient (Wildman–Crippen LogP) is 3.93. The molecule has 2 aromatic heterocycles. The van der Waals surface area contributed by atoms with Crippen molar-refractivity contribution in [1.29, 1.82) is 0 Å². The minimum Gasteiger partial charge on any atom is -0.382 e. The van der Waals surface area contributed by atoms with Crippen molar-refractivity contribution in [1.82, 2.24) is 9.97 Å². The predicted molar refractivity (Wildman–Crippen MR) is 131 cm³/mol. The van der Waals surface area contributed by atoms with Crippen molar-refractivity contribution in [2.45, 2.75) is 6.10 Å². The number of Topliss-reactive ketones (excluding diaryl/α,β-unsaturated/α-hetero) is 1. The molecule has 0 radical (unpaired) electrons. The van der Waals surface area contributed by atoms with Crippen molar-refractivity contribution >= 4 is 29.0 Å². The van der Waals surface area contributed by atoms with Gasteiger partial charge in [-0.3, -0.25) is 34.2 Å². The number of carbonyl (C=O) groups excluding carboxylic acids is 3. The van der Waals surface area contributed by atoms with Crippen LogP contribution in [0.4, 0.5) is 11.4 Å². The number of allylic oxidation sites excluding steroid dienone is 1. The number of aromatic nitrogens is 2. The number of benzene rings is 2. The van der Waals surface area contributed by atoms with Crippen LogP contribution in [-0.4, -0.2) is 32.7 Å². The molecule has 1 N–H and O–H groups in total. The maximum absolute atomic E-state index is 13.8. The van der Waals surface area contributed by atoms with Gasteiger partial charge in [0.05, 0.1) is 17.1 Å². The van der Waals surface area contributed by atoms with Crippen LogP contribution in [0.2, 0.25) is 0 Å². The third-order valence-corrected chi connectivity index (χ3v) is 6.22. The highest BCUT2D eigenvalue weighted by Gasteiger charge is 2.47. The van der Waals surface area contributed by atoms with E-state index in [0.717, 1.165) is 0 Å². The molecule has 0 bridgehead atoms. The van der Waals surface area contributed by atoms with E-state index in [1.54, 1.807) is 84.9 Å². The molecule has 0 saturated heterocycles. The number of aliphatic hydroxyl groups is 1. The van der Waals surface area contributed by atoms with E-state index in [1.165, 1.54) is 22.2 Å². The first-order chi connectivity index (χ1) is 17.6. The van der Waals surface area contributed by atoms with Crippen molar-refractivity contribution < 1.29 is 19.5 Å². The number of fused-ring (bicyclic) bond motifs is 2. The Hall–Kier alpha value is -4.95. The van der Waals surface area contributed by atoms with E-state index >= 15 is 0 Å². The van der Waals surface area contributed by atoms with E-state index in [9.17, 15) is 19.5 Å². The maximum Gasteiger partial charge on any atom is 0.281 e. The second-order valence-electron chi connectivity index (χ2n) is 8.25. The van der Waals surface area contributed by atoms with Gasteiger partial charge in [0, 0.05) is 23.5 Å². The molecular weight excluding hydrogens is 456 g/mol. The Kier molecular flexibility index (Phi) is 5.01. The summed E-state index contributed by atoms with van der Waals surface area (Å²) >= 11 is 0. The molecule has 0 saturated carbocycles. The third kappa shape index (κ3) is 3.16. The number of ketones is 1. The number of amides is 2. The van der Waals surface area contributed by atoms with Crippen molar-refractivity contribution in [3.8, 4) is 0 Å². The van der Waals surface area contributed by atoms with Gasteiger partial charge in [0.25, 0.3) is 11.8 Å². The number of carbonyl (C=O) groups is 3. The van der Waals surface area contributed by atoms with E-state index in [-0.39, 0.29) is 28.3 Å². The molecule has 36 heavy (non-hydrogen) atoms. The first kappa shape index (κ1) is 21.6. The minimum absolute atomic E-state index is 0.00247. The molecular formula is C28H18N4O4. The van der Waals surface area contributed by atoms with Gasteiger partial charge in [-0.15, -0.1) is 0 Å². The lowest BCUT2D eigenvalue weighted by atomic mass is 10.1. The van der Waals surface area contributed by atoms with Crippen molar-refractivity contribution in [2.75, 3.05) is 9.80 Å². The summed E-state index contributed by atoms with van der Waals surface area (Å²) in [5.74, 6) is -1.56. The largest absolute Gasteiger partial charge is 0.382 e. The van der Waals surface area contributed by atoms with E-state index in [4.69, 9.17) is 0 Å². The SMILES string of the molecule is O=C1/C(=C2/C(O)c3ccccc3N2C(=O)c2ccccn2)N(C(=O)c2ccccn2)c2ccccc21. The number of hydrogen-bond donors (Lipinski definition) is 1. The Balaban J connectivity index is 1.62. The zero-order valence-corrected chi connectivity index (χ0v) is 18.8. The molecule has 2 aromatic carbocycles. The van der Waals surface area contributed by atoms with Crippen LogP contribution in [0.15, 0.2) is 109 Å². The first-order valence-corrected chi connectivity index (χ1v) is 11.2. The van der Waals surface area contributed by atoms with Crippen LogP contribution in [0.25, 0.3) is 0 Å². The maximum atomic E-state index is 13.8. The van der Waals surface area contributed by atoms with Crippen LogP contribution in [0.5, 0.6) is 0 Å². The molecule has 0 fully saturated rings. The van der Waals surface area contributed by atoms with Gasteiger partial charge < -0.3 is 5.11 Å². The summed E-state index contributed by atoms with van der Waals surface area (Å²) in [6.07, 6.45) is 1.65. The van der Waals surface area contributed by atoms with Crippen LogP contribution < -0.4 is 9.80 Å². The topological polar surface area (TPSA) is 104 Å². The number of anilines is 2. The summed E-state index contributed by atoms with van der Waals surface area (Å²) in [5.41, 5.74) is 1.65. The minimum atomic E-state index is -1.33. The second kappa shape index (κ2) is 8.37. The number of nitrogens with zero attached hydrogens (tertiary/aromatic N) is 4. The van der Waals surface area contributed by atoms with Crippen LogP contribution >= 0.6 is 0 Å². The molecule has 1 unspecified atom stereocenters. The molecule has 2 aliphatic rings. The van der Waals surface area contributed by atoms with Crippen LogP contribution in [0, 0.1) is 0 Å². The van der Waals surface area contributed by atoms with Crippen LogP contribution in [0.1, 0.15) is 43.0 Å². The number of pyridine rings is 2. The van der Waals surface area contributed by atoms with Gasteiger partial charge >= 0.3 is 0 Å². The van der Waals surface area contributed by atoms with E-state index in [2.05, 4.69) is 9.97 Å². The van der Waals surface area contributed by atoms with E-state index < -0.39 is 23.7 Å². The highest BCUT2D eigenvalue weighted by atomic mass is 16.3. The van der Waals surface area contributed by atoms with Crippen LogP contribution in [-0.2, 0) is 0 Å². The molecule has 0 spiro atoms. The van der Waals surface area contributed by atoms with E-state index in [0.29, 0.717) is 16.9 Å². The summed E-state index contributed by atoms with van der Waals surface area (Å²) < 4.78 is 0. The first-order valence-electron chi connectivity index (χ1n) is 11.2. The standard InChI is InChI=1S/C28H18N4O4/c33-25-17-9-1-3-13-21(17)31(27(35)19-11-5-7-15-29-19)23(25)24-26(34)18-10-2-4-14-22(18)32(24)28(36)20-12-6-8-16-30-20/h1-16,25,33H/b24-23+. The molecule has 8 nitrogen and oxygen atoms in total. The molecule has 8 heteroatoms. The lowest BCUT2D eigenvalue weighted by Gasteiger charge is -2.25.